The van der Waals surface area contributed by atoms with Gasteiger partial charge >= 0.3 is 0 Å². The van der Waals surface area contributed by atoms with E-state index < -0.39 is 0 Å². The molecule has 50 heavy (non-hydrogen) atoms. The van der Waals surface area contributed by atoms with E-state index >= 15 is 0 Å². The van der Waals surface area contributed by atoms with Crippen molar-refractivity contribution in [3.8, 4) is 34.1 Å². The molecule has 0 aliphatic rings. The molecule has 0 aliphatic heterocycles. The molecule has 0 N–H and O–H groups in total. The third kappa shape index (κ3) is 8.52. The molecule has 0 radical (unpaired) electrons. The van der Waals surface area contributed by atoms with Gasteiger partial charge in [-0.2, -0.15) is 0 Å². The first-order chi connectivity index (χ1) is 23.1. The average Bonchev–Trinajstić information content (AvgIpc) is 3.02. The van der Waals surface area contributed by atoms with Gasteiger partial charge in [-0.15, -0.1) is 0 Å². The molecule has 4 aromatic rings. The van der Waals surface area contributed by atoms with Crippen molar-refractivity contribution in [1.29, 1.82) is 0 Å². The molecule has 0 fully saturated rings. The van der Waals surface area contributed by atoms with E-state index in [1.165, 1.54) is 43.5 Å². The fourth-order valence-corrected chi connectivity index (χ4v) is 9.10. The minimum atomic E-state index is -0.0871. The lowest BCUT2D eigenvalue weighted by molar-refractivity contribution is 0.381. The van der Waals surface area contributed by atoms with Crippen LogP contribution in [0.2, 0.25) is 0 Å². The summed E-state index contributed by atoms with van der Waals surface area (Å²) in [6, 6.07) is 22.2. The third-order valence-electron chi connectivity index (χ3n) is 9.12. The molecule has 4 rings (SSSR count). The molecule has 0 amide bonds. The van der Waals surface area contributed by atoms with Crippen molar-refractivity contribution in [3.63, 3.8) is 0 Å². The summed E-state index contributed by atoms with van der Waals surface area (Å²) in [7, 11) is 7.89. The summed E-state index contributed by atoms with van der Waals surface area (Å²) < 4.78 is 24.5. The van der Waals surface area contributed by atoms with Gasteiger partial charge in [-0.1, -0.05) is 125 Å². The normalized spacial score (nSPS) is 13.0. The van der Waals surface area contributed by atoms with Gasteiger partial charge in [0.1, 0.15) is 23.0 Å². The number of hydrogen-bond acceptors (Lipinski definition) is 4. The molecular weight excluding hydrogens is 654 g/mol. The zero-order valence-electron chi connectivity index (χ0n) is 33.4. The molecule has 270 valence electrons. The van der Waals surface area contributed by atoms with Crippen LogP contribution in [0.1, 0.15) is 105 Å². The van der Waals surface area contributed by atoms with Crippen molar-refractivity contribution in [2.45, 2.75) is 105 Å². The lowest BCUT2D eigenvalue weighted by Crippen LogP contribution is -2.23. The minimum Gasteiger partial charge on any atom is -0.496 e. The van der Waals surface area contributed by atoms with Crippen LogP contribution in [0.15, 0.2) is 60.7 Å². The lowest BCUT2D eigenvalue weighted by Gasteiger charge is -2.30. The number of hydrogen-bond donors (Lipinski definition) is 0. The summed E-state index contributed by atoms with van der Waals surface area (Å²) in [5.41, 5.74) is 6.72. The van der Waals surface area contributed by atoms with Gasteiger partial charge in [0.25, 0.3) is 0 Å². The summed E-state index contributed by atoms with van der Waals surface area (Å²) >= 11 is 0. The fourth-order valence-electron chi connectivity index (χ4n) is 6.51. The molecular formula is C44H60O4P2. The van der Waals surface area contributed by atoms with Crippen LogP contribution in [0.4, 0.5) is 0 Å². The van der Waals surface area contributed by atoms with Crippen LogP contribution in [-0.2, 0) is 21.7 Å². The number of ether oxygens (including phenoxy) is 4. The summed E-state index contributed by atoms with van der Waals surface area (Å²) in [5.74, 6) is 3.65. The van der Waals surface area contributed by atoms with Crippen molar-refractivity contribution in [3.05, 3.63) is 82.9 Å². The second-order valence-corrected chi connectivity index (χ2v) is 20.0. The largest absolute Gasteiger partial charge is 0.496 e. The van der Waals surface area contributed by atoms with Crippen LogP contribution in [-0.4, -0.2) is 28.4 Å². The first-order valence-corrected chi connectivity index (χ1v) is 19.5. The Balaban J connectivity index is 1.99. The van der Waals surface area contributed by atoms with Crippen molar-refractivity contribution >= 4 is 38.4 Å². The third-order valence-corrected chi connectivity index (χ3v) is 11.6. The van der Waals surface area contributed by atoms with Crippen LogP contribution in [0.3, 0.4) is 0 Å². The molecule has 0 saturated carbocycles. The lowest BCUT2D eigenvalue weighted by atomic mass is 9.79. The molecule has 0 spiro atoms. The molecule has 4 nitrogen and oxygen atoms in total. The van der Waals surface area contributed by atoms with Gasteiger partial charge in [-0.3, -0.25) is 0 Å². The second-order valence-electron chi connectivity index (χ2n) is 17.2. The van der Waals surface area contributed by atoms with Crippen LogP contribution < -0.4 is 40.2 Å². The van der Waals surface area contributed by atoms with E-state index in [0.717, 1.165) is 34.1 Å². The van der Waals surface area contributed by atoms with Crippen LogP contribution >= 0.6 is 17.2 Å². The van der Waals surface area contributed by atoms with Gasteiger partial charge in [-0.05, 0) is 79.3 Å². The topological polar surface area (TPSA) is 36.9 Å². The fraction of sp³-hybridized carbons (Fsp3) is 0.455. The van der Waals surface area contributed by atoms with Crippen LogP contribution in [0.5, 0.6) is 23.0 Å². The molecule has 6 heteroatoms. The maximum absolute atomic E-state index is 6.15. The van der Waals surface area contributed by atoms with Crippen molar-refractivity contribution in [2.24, 2.45) is 0 Å². The van der Waals surface area contributed by atoms with E-state index in [-0.39, 0.29) is 21.7 Å². The monoisotopic (exact) mass is 714 g/mol. The van der Waals surface area contributed by atoms with E-state index in [2.05, 4.69) is 144 Å². The smallest absolute Gasteiger partial charge is 0.127 e. The maximum atomic E-state index is 6.15. The van der Waals surface area contributed by atoms with Gasteiger partial charge in [0, 0.05) is 33.4 Å². The van der Waals surface area contributed by atoms with Gasteiger partial charge in [-0.25, -0.2) is 0 Å². The van der Waals surface area contributed by atoms with E-state index in [0.29, 0.717) is 17.2 Å². The molecule has 0 heterocycles. The van der Waals surface area contributed by atoms with E-state index in [4.69, 9.17) is 18.9 Å². The van der Waals surface area contributed by atoms with Gasteiger partial charge in [0.15, 0.2) is 0 Å². The van der Waals surface area contributed by atoms with Crippen molar-refractivity contribution < 1.29 is 18.9 Å². The Morgan fingerprint density at radius 1 is 0.400 bits per heavy atom. The summed E-state index contributed by atoms with van der Waals surface area (Å²) in [4.78, 5) is 0. The number of rotatable bonds is 9. The zero-order valence-corrected chi connectivity index (χ0v) is 35.4. The maximum Gasteiger partial charge on any atom is 0.127 e. The predicted molar refractivity (Wildman–Crippen MR) is 221 cm³/mol. The van der Waals surface area contributed by atoms with E-state index in [9.17, 15) is 0 Å². The van der Waals surface area contributed by atoms with Gasteiger partial charge in [0.2, 0.25) is 0 Å². The Morgan fingerprint density at radius 3 is 0.900 bits per heavy atom. The van der Waals surface area contributed by atoms with Crippen molar-refractivity contribution in [2.75, 3.05) is 28.4 Å². The SMILES string of the molecule is COc1cccc(Pc2cc(C(C)(C)C)c(OC)c(C(C)(C)C)c2)c1-c1c(OC)cccc1Pc1cc(C(C)(C)C)c(OC)c(C(C)(C)C)c1. The zero-order chi connectivity index (χ0) is 37.4. The summed E-state index contributed by atoms with van der Waals surface area (Å²) in [6.45, 7) is 27.1. The summed E-state index contributed by atoms with van der Waals surface area (Å²) in [5, 5.41) is 4.97. The molecule has 0 aliphatic carbocycles. The Hall–Kier alpha value is -3.06. The highest BCUT2D eigenvalue weighted by Gasteiger charge is 2.30. The van der Waals surface area contributed by atoms with Gasteiger partial charge in [0.05, 0.1) is 28.4 Å². The van der Waals surface area contributed by atoms with Crippen LogP contribution in [0.25, 0.3) is 11.1 Å². The standard InChI is InChI=1S/C44H60O4P2/c1-41(2,3)29-23-27(24-30(39(29)47-15)42(4,5)6)49-35-21-17-19-33(45-13)37(35)38-34(46-14)20-18-22-36(38)50-28-25-31(43(7,8)9)40(48-16)32(26-28)44(10,11)12/h17-26,49-50H,1-16H3. The Kier molecular flexibility index (Phi) is 11.8. The second kappa shape index (κ2) is 14.9. The first kappa shape index (κ1) is 39.7. The number of benzene rings is 4. The predicted octanol–water partition coefficient (Wildman–Crippen LogP) is 9.84. The highest BCUT2D eigenvalue weighted by Crippen LogP contribution is 2.44. The van der Waals surface area contributed by atoms with Crippen LogP contribution in [0, 0.1) is 0 Å². The van der Waals surface area contributed by atoms with Gasteiger partial charge < -0.3 is 18.9 Å². The van der Waals surface area contributed by atoms with E-state index in [1.54, 1.807) is 28.4 Å². The Bertz CT molecular complexity index is 1620. The number of methoxy groups -OCH3 is 4. The molecule has 2 atom stereocenters. The summed E-state index contributed by atoms with van der Waals surface area (Å²) in [6.07, 6.45) is 0. The molecule has 0 saturated heterocycles. The van der Waals surface area contributed by atoms with Crippen molar-refractivity contribution in [1.82, 2.24) is 0 Å². The molecule has 2 unspecified atom stereocenters. The van der Waals surface area contributed by atoms with E-state index in [1.807, 2.05) is 0 Å². The molecule has 4 aromatic carbocycles. The highest BCUT2D eigenvalue weighted by molar-refractivity contribution is 7.56. The minimum absolute atomic E-state index is 0.0871. The molecule has 0 bridgehead atoms. The quantitative estimate of drug-likeness (QED) is 0.162. The Morgan fingerprint density at radius 2 is 0.680 bits per heavy atom. The Labute approximate surface area is 306 Å². The highest BCUT2D eigenvalue weighted by atomic mass is 31.1. The molecule has 0 aromatic heterocycles. The first-order valence-electron chi connectivity index (χ1n) is 17.5. The average molecular weight is 715 g/mol.